The molecule has 2 aromatic rings. The predicted molar refractivity (Wildman–Crippen MR) is 96.0 cm³/mol. The lowest BCUT2D eigenvalue weighted by Crippen LogP contribution is -2.43. The van der Waals surface area contributed by atoms with E-state index in [0.29, 0.717) is 18.5 Å². The van der Waals surface area contributed by atoms with E-state index in [2.05, 4.69) is 21.3 Å². The van der Waals surface area contributed by atoms with Gasteiger partial charge in [0.25, 0.3) is 11.8 Å². The number of hydrazine groups is 1. The molecule has 0 saturated carbocycles. The first-order chi connectivity index (χ1) is 12.5. The van der Waals surface area contributed by atoms with E-state index in [0.717, 1.165) is 11.4 Å². The highest BCUT2D eigenvalue weighted by Gasteiger charge is 2.09. The molecule has 8 heteroatoms. The molecular weight excluding hydrogens is 334 g/mol. The van der Waals surface area contributed by atoms with Crippen molar-refractivity contribution in [3.05, 3.63) is 53.3 Å². The summed E-state index contributed by atoms with van der Waals surface area (Å²) in [6.45, 7) is 4.11. The van der Waals surface area contributed by atoms with Crippen LogP contribution in [0, 0.1) is 13.8 Å². The van der Waals surface area contributed by atoms with E-state index < -0.39 is 0 Å². The summed E-state index contributed by atoms with van der Waals surface area (Å²) in [5, 5.41) is 6.92. The molecule has 0 bridgehead atoms. The number of hydrogen-bond donors (Lipinski definition) is 3. The van der Waals surface area contributed by atoms with Crippen molar-refractivity contribution in [2.24, 2.45) is 0 Å². The maximum atomic E-state index is 11.8. The standard InChI is InChI=1S/C18H23N5O3/c1-13-11-14(2)23(22-13)12-17(25)21-20-16(24)9-6-10-19-18(26)15-7-4-3-5-8-15/h3-5,7-8,11H,6,9-10,12H2,1-2H3,(H,19,26)(H,20,24)(H,21,25). The van der Waals surface area contributed by atoms with Crippen LogP contribution in [-0.4, -0.2) is 34.0 Å². The lowest BCUT2D eigenvalue weighted by molar-refractivity contribution is -0.129. The van der Waals surface area contributed by atoms with Crippen LogP contribution in [0.15, 0.2) is 36.4 Å². The van der Waals surface area contributed by atoms with Gasteiger partial charge in [-0.15, -0.1) is 0 Å². The van der Waals surface area contributed by atoms with Crippen molar-refractivity contribution in [1.29, 1.82) is 0 Å². The molecule has 0 fully saturated rings. The van der Waals surface area contributed by atoms with Crippen molar-refractivity contribution in [2.75, 3.05) is 6.54 Å². The maximum Gasteiger partial charge on any atom is 0.260 e. The van der Waals surface area contributed by atoms with Crippen LogP contribution >= 0.6 is 0 Å². The average Bonchev–Trinajstić information content (AvgIpc) is 2.94. The van der Waals surface area contributed by atoms with Gasteiger partial charge in [-0.3, -0.25) is 29.9 Å². The molecule has 2 rings (SSSR count). The Bertz CT molecular complexity index is 770. The Balaban J connectivity index is 1.61. The first kappa shape index (κ1) is 19.2. The molecular formula is C18H23N5O3. The molecule has 26 heavy (non-hydrogen) atoms. The van der Waals surface area contributed by atoms with Gasteiger partial charge in [-0.05, 0) is 38.5 Å². The fourth-order valence-electron chi connectivity index (χ4n) is 2.35. The van der Waals surface area contributed by atoms with Crippen LogP contribution < -0.4 is 16.2 Å². The summed E-state index contributed by atoms with van der Waals surface area (Å²) in [7, 11) is 0. The molecule has 0 atom stereocenters. The van der Waals surface area contributed by atoms with E-state index >= 15 is 0 Å². The van der Waals surface area contributed by atoms with E-state index in [1.165, 1.54) is 0 Å². The van der Waals surface area contributed by atoms with Gasteiger partial charge < -0.3 is 5.32 Å². The molecule has 0 aliphatic heterocycles. The summed E-state index contributed by atoms with van der Waals surface area (Å²) in [5.41, 5.74) is 6.99. The highest BCUT2D eigenvalue weighted by atomic mass is 16.2. The zero-order chi connectivity index (χ0) is 18.9. The van der Waals surface area contributed by atoms with Gasteiger partial charge in [0.1, 0.15) is 6.54 Å². The van der Waals surface area contributed by atoms with Crippen LogP contribution in [0.1, 0.15) is 34.6 Å². The van der Waals surface area contributed by atoms with Crippen LogP contribution in [0.2, 0.25) is 0 Å². The Labute approximate surface area is 151 Å². The number of carbonyl (C=O) groups is 3. The number of rotatable bonds is 7. The van der Waals surface area contributed by atoms with Gasteiger partial charge in [0.15, 0.2) is 0 Å². The smallest absolute Gasteiger partial charge is 0.260 e. The van der Waals surface area contributed by atoms with E-state index in [1.807, 2.05) is 26.0 Å². The predicted octanol–water partition coefficient (Wildman–Crippen LogP) is 0.858. The highest BCUT2D eigenvalue weighted by Crippen LogP contribution is 2.01. The first-order valence-electron chi connectivity index (χ1n) is 8.37. The van der Waals surface area contributed by atoms with Gasteiger partial charge in [0, 0.05) is 24.2 Å². The fourth-order valence-corrected chi connectivity index (χ4v) is 2.35. The van der Waals surface area contributed by atoms with E-state index in [9.17, 15) is 14.4 Å². The summed E-state index contributed by atoms with van der Waals surface area (Å²) in [5.74, 6) is -0.855. The Morgan fingerprint density at radius 3 is 2.38 bits per heavy atom. The molecule has 0 radical (unpaired) electrons. The van der Waals surface area contributed by atoms with Crippen LogP contribution in [0.4, 0.5) is 0 Å². The molecule has 1 heterocycles. The molecule has 0 aliphatic carbocycles. The van der Waals surface area contributed by atoms with E-state index in [-0.39, 0.29) is 30.7 Å². The number of carbonyl (C=O) groups excluding carboxylic acids is 3. The minimum Gasteiger partial charge on any atom is -0.352 e. The molecule has 0 spiro atoms. The normalized spacial score (nSPS) is 10.2. The minimum atomic E-state index is -0.359. The van der Waals surface area contributed by atoms with Crippen molar-refractivity contribution in [1.82, 2.24) is 25.9 Å². The number of aromatic nitrogens is 2. The first-order valence-corrected chi connectivity index (χ1v) is 8.37. The molecule has 138 valence electrons. The molecule has 0 aliphatic rings. The second-order valence-corrected chi connectivity index (χ2v) is 5.91. The van der Waals surface area contributed by atoms with Gasteiger partial charge in [-0.2, -0.15) is 5.10 Å². The topological polar surface area (TPSA) is 105 Å². The fraction of sp³-hybridized carbons (Fsp3) is 0.333. The van der Waals surface area contributed by atoms with Gasteiger partial charge in [0.2, 0.25) is 5.91 Å². The van der Waals surface area contributed by atoms with Gasteiger partial charge >= 0.3 is 0 Å². The lowest BCUT2D eigenvalue weighted by Gasteiger charge is -2.09. The molecule has 0 unspecified atom stereocenters. The zero-order valence-electron chi connectivity index (χ0n) is 14.9. The summed E-state index contributed by atoms with van der Waals surface area (Å²) < 4.78 is 1.57. The molecule has 0 saturated heterocycles. The number of aryl methyl sites for hydroxylation is 2. The van der Waals surface area contributed by atoms with Crippen molar-refractivity contribution in [3.63, 3.8) is 0 Å². The summed E-state index contributed by atoms with van der Waals surface area (Å²) in [6, 6.07) is 10.7. The SMILES string of the molecule is Cc1cc(C)n(CC(=O)NNC(=O)CCCNC(=O)c2ccccc2)n1. The number of benzene rings is 1. The molecule has 8 nitrogen and oxygen atoms in total. The third kappa shape index (κ3) is 6.04. The second kappa shape index (κ2) is 9.36. The Hall–Kier alpha value is -3.16. The Morgan fingerprint density at radius 1 is 1.04 bits per heavy atom. The van der Waals surface area contributed by atoms with Crippen molar-refractivity contribution >= 4 is 17.7 Å². The van der Waals surface area contributed by atoms with Crippen molar-refractivity contribution in [3.8, 4) is 0 Å². The van der Waals surface area contributed by atoms with Crippen molar-refractivity contribution in [2.45, 2.75) is 33.2 Å². The largest absolute Gasteiger partial charge is 0.352 e. The van der Waals surface area contributed by atoms with Gasteiger partial charge in [-0.1, -0.05) is 18.2 Å². The monoisotopic (exact) mass is 357 g/mol. The zero-order valence-corrected chi connectivity index (χ0v) is 14.9. The van der Waals surface area contributed by atoms with E-state index in [4.69, 9.17) is 0 Å². The quantitative estimate of drug-likeness (QED) is 0.505. The Morgan fingerprint density at radius 2 is 1.73 bits per heavy atom. The average molecular weight is 357 g/mol. The lowest BCUT2D eigenvalue weighted by atomic mass is 10.2. The van der Waals surface area contributed by atoms with Crippen LogP contribution in [0.25, 0.3) is 0 Å². The maximum absolute atomic E-state index is 11.8. The van der Waals surface area contributed by atoms with Crippen LogP contribution in [0.5, 0.6) is 0 Å². The van der Waals surface area contributed by atoms with Gasteiger partial charge in [-0.25, -0.2) is 0 Å². The summed E-state index contributed by atoms with van der Waals surface area (Å²) in [6.07, 6.45) is 0.660. The molecule has 1 aromatic carbocycles. The highest BCUT2D eigenvalue weighted by molar-refractivity contribution is 5.94. The number of nitrogens with one attached hydrogen (secondary N) is 3. The second-order valence-electron chi connectivity index (χ2n) is 5.91. The molecule has 3 amide bonds. The Kier molecular flexibility index (Phi) is 6.90. The van der Waals surface area contributed by atoms with Crippen LogP contribution in [-0.2, 0) is 16.1 Å². The minimum absolute atomic E-state index is 0.0348. The molecule has 3 N–H and O–H groups in total. The third-order valence-corrected chi connectivity index (χ3v) is 3.64. The third-order valence-electron chi connectivity index (χ3n) is 3.64. The van der Waals surface area contributed by atoms with E-state index in [1.54, 1.807) is 28.9 Å². The number of nitrogens with zero attached hydrogens (tertiary/aromatic N) is 2. The molecule has 1 aromatic heterocycles. The van der Waals surface area contributed by atoms with Gasteiger partial charge in [0.05, 0.1) is 5.69 Å². The number of amides is 3. The van der Waals surface area contributed by atoms with Crippen LogP contribution in [0.3, 0.4) is 0 Å². The summed E-state index contributed by atoms with van der Waals surface area (Å²) >= 11 is 0. The number of hydrogen-bond acceptors (Lipinski definition) is 4. The summed E-state index contributed by atoms with van der Waals surface area (Å²) in [4.78, 5) is 35.4. The van der Waals surface area contributed by atoms with Crippen molar-refractivity contribution < 1.29 is 14.4 Å².